The van der Waals surface area contributed by atoms with E-state index in [9.17, 15) is 8.78 Å². The number of anilines is 1. The Labute approximate surface area is 123 Å². The predicted molar refractivity (Wildman–Crippen MR) is 81.7 cm³/mol. The highest BCUT2D eigenvalue weighted by molar-refractivity contribution is 5.94. The molecule has 0 radical (unpaired) electrons. The summed E-state index contributed by atoms with van der Waals surface area (Å²) in [6, 6.07) is 2.32. The van der Waals surface area contributed by atoms with Gasteiger partial charge in [0, 0.05) is 29.4 Å². The minimum atomic E-state index is -0.573. The molecule has 1 aromatic heterocycles. The molecular weight excluding hydrogens is 270 g/mol. The van der Waals surface area contributed by atoms with Gasteiger partial charge in [0.05, 0.1) is 0 Å². The van der Waals surface area contributed by atoms with Gasteiger partial charge < -0.3 is 5.32 Å². The summed E-state index contributed by atoms with van der Waals surface area (Å²) < 4.78 is 27.7. The zero-order chi connectivity index (χ0) is 14.8. The zero-order valence-corrected chi connectivity index (χ0v) is 12.3. The number of halogens is 2. The second-order valence-corrected chi connectivity index (χ2v) is 5.68. The van der Waals surface area contributed by atoms with Crippen molar-refractivity contribution in [1.82, 2.24) is 4.98 Å². The average molecular weight is 290 g/mol. The summed E-state index contributed by atoms with van der Waals surface area (Å²) in [4.78, 5) is 4.50. The van der Waals surface area contributed by atoms with Crippen molar-refractivity contribution >= 4 is 16.6 Å². The molecular formula is C17H20F2N2. The van der Waals surface area contributed by atoms with Crippen LogP contribution in [-0.2, 0) is 12.8 Å². The molecule has 0 spiro atoms. The molecule has 0 unspecified atom stereocenters. The molecule has 4 heteroatoms. The van der Waals surface area contributed by atoms with Gasteiger partial charge in [-0.25, -0.2) is 13.8 Å². The van der Waals surface area contributed by atoms with Crippen LogP contribution in [0, 0.1) is 11.6 Å². The van der Waals surface area contributed by atoms with Gasteiger partial charge in [0.15, 0.2) is 5.82 Å². The fourth-order valence-corrected chi connectivity index (χ4v) is 3.08. The van der Waals surface area contributed by atoms with E-state index in [1.807, 2.05) is 0 Å². The number of rotatable bonds is 3. The van der Waals surface area contributed by atoms with Gasteiger partial charge in [-0.3, -0.25) is 0 Å². The molecule has 0 saturated heterocycles. The van der Waals surface area contributed by atoms with Crippen LogP contribution in [-0.4, -0.2) is 11.5 Å². The summed E-state index contributed by atoms with van der Waals surface area (Å²) in [7, 11) is 0. The average Bonchev–Trinajstić information content (AvgIpc) is 2.69. The van der Waals surface area contributed by atoms with Crippen molar-refractivity contribution in [2.24, 2.45) is 0 Å². The first-order chi connectivity index (χ1) is 10.2. The Kier molecular flexibility index (Phi) is 4.04. The van der Waals surface area contributed by atoms with E-state index in [0.29, 0.717) is 5.39 Å². The molecule has 0 aliphatic heterocycles. The van der Waals surface area contributed by atoms with Gasteiger partial charge >= 0.3 is 0 Å². The van der Waals surface area contributed by atoms with Crippen molar-refractivity contribution in [3.05, 3.63) is 35.0 Å². The molecule has 1 aliphatic rings. The van der Waals surface area contributed by atoms with E-state index >= 15 is 0 Å². The number of nitrogens with zero attached hydrogens (tertiary/aromatic N) is 1. The highest BCUT2D eigenvalue weighted by Gasteiger charge is 2.19. The molecule has 1 aliphatic carbocycles. The van der Waals surface area contributed by atoms with Gasteiger partial charge in [-0.05, 0) is 43.7 Å². The van der Waals surface area contributed by atoms with Gasteiger partial charge in [-0.2, -0.15) is 0 Å². The van der Waals surface area contributed by atoms with Crippen molar-refractivity contribution in [2.75, 3.05) is 11.9 Å². The Morgan fingerprint density at radius 2 is 1.95 bits per heavy atom. The number of benzene rings is 1. The number of hydrogen-bond donors (Lipinski definition) is 1. The van der Waals surface area contributed by atoms with Crippen LogP contribution in [0.15, 0.2) is 12.1 Å². The summed E-state index contributed by atoms with van der Waals surface area (Å²) in [5, 5.41) is 3.95. The number of aryl methyl sites for hydroxylation is 1. The van der Waals surface area contributed by atoms with E-state index in [0.717, 1.165) is 68.1 Å². The maximum atomic E-state index is 14.1. The standard InChI is InChI=1S/C17H20F2N2/c1-2-8-20-16-12-6-4-3-5-7-15(12)21-17-13(16)9-11(18)10-14(17)19/h9-10H,2-8H2,1H3,(H,20,21). The quantitative estimate of drug-likeness (QED) is 0.835. The number of hydrogen-bond acceptors (Lipinski definition) is 2. The van der Waals surface area contributed by atoms with Crippen molar-refractivity contribution in [3.8, 4) is 0 Å². The second-order valence-electron chi connectivity index (χ2n) is 5.68. The van der Waals surface area contributed by atoms with Gasteiger partial charge in [-0.1, -0.05) is 13.3 Å². The Morgan fingerprint density at radius 3 is 2.76 bits per heavy atom. The first kappa shape index (κ1) is 14.2. The SMILES string of the molecule is CCCNc1c2c(nc3c(F)cc(F)cc13)CCCCC2. The lowest BCUT2D eigenvalue weighted by atomic mass is 10.0. The highest BCUT2D eigenvalue weighted by atomic mass is 19.1. The van der Waals surface area contributed by atoms with E-state index in [-0.39, 0.29) is 5.52 Å². The minimum absolute atomic E-state index is 0.288. The lowest BCUT2D eigenvalue weighted by molar-refractivity contribution is 0.590. The lowest BCUT2D eigenvalue weighted by Gasteiger charge is -2.17. The van der Waals surface area contributed by atoms with Gasteiger partial charge in [0.2, 0.25) is 0 Å². The van der Waals surface area contributed by atoms with Crippen LogP contribution in [0.3, 0.4) is 0 Å². The second kappa shape index (κ2) is 5.96. The van der Waals surface area contributed by atoms with Crippen molar-refractivity contribution < 1.29 is 8.78 Å². The third-order valence-corrected chi connectivity index (χ3v) is 4.09. The van der Waals surface area contributed by atoms with Gasteiger partial charge in [-0.15, -0.1) is 0 Å². The summed E-state index contributed by atoms with van der Waals surface area (Å²) in [5.74, 6) is -1.12. The number of fused-ring (bicyclic) bond motifs is 2. The van der Waals surface area contributed by atoms with Crippen molar-refractivity contribution in [1.29, 1.82) is 0 Å². The van der Waals surface area contributed by atoms with Crippen LogP contribution >= 0.6 is 0 Å². The molecule has 0 bridgehead atoms. The summed E-state index contributed by atoms with van der Waals surface area (Å²) in [6.45, 7) is 2.87. The fraction of sp³-hybridized carbons (Fsp3) is 0.471. The molecule has 1 N–H and O–H groups in total. The summed E-state index contributed by atoms with van der Waals surface area (Å²) in [5.41, 5.74) is 3.30. The largest absolute Gasteiger partial charge is 0.384 e. The van der Waals surface area contributed by atoms with Gasteiger partial charge in [0.25, 0.3) is 0 Å². The molecule has 0 fully saturated rings. The Bertz CT molecular complexity index is 668. The van der Waals surface area contributed by atoms with E-state index < -0.39 is 11.6 Å². The highest BCUT2D eigenvalue weighted by Crippen LogP contribution is 2.34. The molecule has 1 aromatic carbocycles. The first-order valence-electron chi connectivity index (χ1n) is 7.75. The van der Waals surface area contributed by atoms with Crippen molar-refractivity contribution in [3.63, 3.8) is 0 Å². The Balaban J connectivity index is 2.26. The maximum Gasteiger partial charge on any atom is 0.152 e. The maximum absolute atomic E-state index is 14.1. The van der Waals surface area contributed by atoms with E-state index in [1.165, 1.54) is 6.07 Å². The molecule has 2 aromatic rings. The number of pyridine rings is 1. The summed E-state index contributed by atoms with van der Waals surface area (Å²) in [6.07, 6.45) is 6.14. The van der Waals surface area contributed by atoms with Crippen LogP contribution in [0.5, 0.6) is 0 Å². The zero-order valence-electron chi connectivity index (χ0n) is 12.3. The predicted octanol–water partition coefficient (Wildman–Crippen LogP) is 4.60. The third-order valence-electron chi connectivity index (χ3n) is 4.09. The molecule has 0 amide bonds. The third kappa shape index (κ3) is 2.71. The molecule has 1 heterocycles. The van der Waals surface area contributed by atoms with E-state index in [1.54, 1.807) is 0 Å². The molecule has 3 rings (SSSR count). The number of aromatic nitrogens is 1. The van der Waals surface area contributed by atoms with Crippen molar-refractivity contribution in [2.45, 2.75) is 45.4 Å². The van der Waals surface area contributed by atoms with E-state index in [2.05, 4.69) is 17.2 Å². The molecule has 112 valence electrons. The fourth-order valence-electron chi connectivity index (χ4n) is 3.08. The Hall–Kier alpha value is -1.71. The lowest BCUT2D eigenvalue weighted by Crippen LogP contribution is -2.08. The van der Waals surface area contributed by atoms with E-state index in [4.69, 9.17) is 0 Å². The van der Waals surface area contributed by atoms with Crippen LogP contribution in [0.1, 0.15) is 43.9 Å². The monoisotopic (exact) mass is 290 g/mol. The summed E-state index contributed by atoms with van der Waals surface area (Å²) >= 11 is 0. The molecule has 0 atom stereocenters. The van der Waals surface area contributed by atoms with Crippen LogP contribution in [0.2, 0.25) is 0 Å². The molecule has 21 heavy (non-hydrogen) atoms. The van der Waals surface area contributed by atoms with Gasteiger partial charge in [0.1, 0.15) is 11.3 Å². The Morgan fingerprint density at radius 1 is 1.14 bits per heavy atom. The normalized spacial score (nSPS) is 14.8. The van der Waals surface area contributed by atoms with Crippen LogP contribution in [0.25, 0.3) is 10.9 Å². The van der Waals surface area contributed by atoms with Crippen LogP contribution < -0.4 is 5.32 Å². The molecule has 2 nitrogen and oxygen atoms in total. The topological polar surface area (TPSA) is 24.9 Å². The number of nitrogens with one attached hydrogen (secondary N) is 1. The minimum Gasteiger partial charge on any atom is -0.384 e. The smallest absolute Gasteiger partial charge is 0.152 e. The first-order valence-corrected chi connectivity index (χ1v) is 7.75. The molecule has 0 saturated carbocycles. The van der Waals surface area contributed by atoms with Crippen LogP contribution in [0.4, 0.5) is 14.5 Å².